The molecule has 1 aromatic heterocycles. The number of esters is 1. The van der Waals surface area contributed by atoms with Crippen LogP contribution in [0.4, 0.5) is 0 Å². The maximum Gasteiger partial charge on any atom is 0.338 e. The van der Waals surface area contributed by atoms with Gasteiger partial charge in [-0.05, 0) is 25.3 Å². The van der Waals surface area contributed by atoms with Crippen LogP contribution < -0.4 is 5.73 Å². The SMILES string of the molecule is CCOC(=O)C1=C(C)OC(N)=C(C#N)[C@@H]1c1cccs1. The molecule has 1 aromatic rings. The Kier molecular flexibility index (Phi) is 4.11. The van der Waals surface area contributed by atoms with Crippen molar-refractivity contribution in [3.63, 3.8) is 0 Å². The molecule has 0 amide bonds. The first kappa shape index (κ1) is 14.2. The molecular formula is C14H14N2O3S. The summed E-state index contributed by atoms with van der Waals surface area (Å²) in [5.74, 6) is -0.591. The van der Waals surface area contributed by atoms with E-state index in [1.807, 2.05) is 23.6 Å². The summed E-state index contributed by atoms with van der Waals surface area (Å²) in [5, 5.41) is 11.2. The zero-order valence-corrected chi connectivity index (χ0v) is 12.0. The highest BCUT2D eigenvalue weighted by Gasteiger charge is 2.36. The number of hydrogen-bond acceptors (Lipinski definition) is 6. The fraction of sp³-hybridized carbons (Fsp3) is 0.286. The van der Waals surface area contributed by atoms with E-state index in [-0.39, 0.29) is 18.1 Å². The summed E-state index contributed by atoms with van der Waals surface area (Å²) >= 11 is 1.45. The molecule has 5 nitrogen and oxygen atoms in total. The summed E-state index contributed by atoms with van der Waals surface area (Å²) in [7, 11) is 0. The number of nitriles is 1. The van der Waals surface area contributed by atoms with Crippen molar-refractivity contribution in [2.24, 2.45) is 5.73 Å². The minimum atomic E-state index is -0.521. The Morgan fingerprint density at radius 2 is 2.40 bits per heavy atom. The zero-order chi connectivity index (χ0) is 14.7. The van der Waals surface area contributed by atoms with Gasteiger partial charge in [-0.1, -0.05) is 6.07 Å². The topological polar surface area (TPSA) is 85.3 Å². The lowest BCUT2D eigenvalue weighted by atomic mass is 9.87. The van der Waals surface area contributed by atoms with Gasteiger partial charge in [-0.3, -0.25) is 0 Å². The highest BCUT2D eigenvalue weighted by molar-refractivity contribution is 7.10. The minimum Gasteiger partial charge on any atom is -0.463 e. The van der Waals surface area contributed by atoms with Gasteiger partial charge in [0.15, 0.2) is 0 Å². The van der Waals surface area contributed by atoms with Gasteiger partial charge in [0.05, 0.1) is 18.1 Å². The molecule has 0 saturated heterocycles. The molecule has 0 bridgehead atoms. The van der Waals surface area contributed by atoms with Gasteiger partial charge in [0, 0.05) is 4.88 Å². The number of nitrogens with zero attached hydrogens (tertiary/aromatic N) is 1. The van der Waals surface area contributed by atoms with Gasteiger partial charge >= 0.3 is 5.97 Å². The van der Waals surface area contributed by atoms with Crippen LogP contribution in [0.1, 0.15) is 24.6 Å². The number of carbonyl (C=O) groups is 1. The van der Waals surface area contributed by atoms with Crippen LogP contribution in [0.25, 0.3) is 0 Å². The number of carbonyl (C=O) groups excluding carboxylic acids is 1. The van der Waals surface area contributed by atoms with Crippen LogP contribution in [0, 0.1) is 11.3 Å². The second-order valence-corrected chi connectivity index (χ2v) is 5.11. The van der Waals surface area contributed by atoms with E-state index in [2.05, 4.69) is 0 Å². The zero-order valence-electron chi connectivity index (χ0n) is 11.2. The number of thiophene rings is 1. The molecule has 0 fully saturated rings. The van der Waals surface area contributed by atoms with Gasteiger partial charge in [-0.2, -0.15) is 5.26 Å². The third-order valence-corrected chi connectivity index (χ3v) is 3.87. The van der Waals surface area contributed by atoms with Gasteiger partial charge in [-0.15, -0.1) is 11.3 Å². The molecule has 0 unspecified atom stereocenters. The predicted molar refractivity (Wildman–Crippen MR) is 74.3 cm³/mol. The summed E-state index contributed by atoms with van der Waals surface area (Å²) < 4.78 is 10.4. The van der Waals surface area contributed by atoms with E-state index in [0.29, 0.717) is 11.3 Å². The summed E-state index contributed by atoms with van der Waals surface area (Å²) in [4.78, 5) is 13.0. The molecule has 2 heterocycles. The number of rotatable bonds is 3. The Hall–Kier alpha value is -2.26. The summed E-state index contributed by atoms with van der Waals surface area (Å²) in [6.45, 7) is 3.63. The van der Waals surface area contributed by atoms with Crippen LogP contribution in [0.3, 0.4) is 0 Å². The van der Waals surface area contributed by atoms with Crippen LogP contribution in [0.2, 0.25) is 0 Å². The van der Waals surface area contributed by atoms with Crippen molar-refractivity contribution in [1.29, 1.82) is 5.26 Å². The Morgan fingerprint density at radius 3 is 2.95 bits per heavy atom. The third kappa shape index (κ3) is 2.40. The normalized spacial score (nSPS) is 18.6. The average Bonchev–Trinajstić information content (AvgIpc) is 2.91. The van der Waals surface area contributed by atoms with Crippen molar-refractivity contribution in [2.75, 3.05) is 6.61 Å². The van der Waals surface area contributed by atoms with E-state index in [9.17, 15) is 10.1 Å². The molecule has 0 saturated carbocycles. The third-order valence-electron chi connectivity index (χ3n) is 2.93. The first-order valence-corrected chi connectivity index (χ1v) is 6.97. The lowest BCUT2D eigenvalue weighted by Gasteiger charge is -2.25. The monoisotopic (exact) mass is 290 g/mol. The molecule has 6 heteroatoms. The van der Waals surface area contributed by atoms with Gasteiger partial charge in [0.2, 0.25) is 5.88 Å². The summed E-state index contributed by atoms with van der Waals surface area (Å²) in [6.07, 6.45) is 0. The predicted octanol–water partition coefficient (Wildman–Crippen LogP) is 2.39. The molecule has 20 heavy (non-hydrogen) atoms. The first-order valence-electron chi connectivity index (χ1n) is 6.09. The van der Waals surface area contributed by atoms with Gasteiger partial charge < -0.3 is 15.2 Å². The van der Waals surface area contributed by atoms with E-state index in [0.717, 1.165) is 4.88 Å². The fourth-order valence-electron chi connectivity index (χ4n) is 2.09. The molecule has 0 aliphatic carbocycles. The first-order chi connectivity index (χ1) is 9.60. The largest absolute Gasteiger partial charge is 0.463 e. The molecule has 0 spiro atoms. The molecule has 2 rings (SSSR count). The van der Waals surface area contributed by atoms with Crippen LogP contribution in [0.15, 0.2) is 40.3 Å². The second kappa shape index (κ2) is 5.80. The van der Waals surface area contributed by atoms with Crippen molar-refractivity contribution in [3.8, 4) is 6.07 Å². The number of hydrogen-bond donors (Lipinski definition) is 1. The minimum absolute atomic E-state index is 0.0384. The summed E-state index contributed by atoms with van der Waals surface area (Å²) in [6, 6.07) is 5.75. The Bertz CT molecular complexity index is 623. The van der Waals surface area contributed by atoms with Gasteiger partial charge in [0.1, 0.15) is 17.4 Å². The summed E-state index contributed by atoms with van der Waals surface area (Å²) in [5.41, 5.74) is 6.34. The van der Waals surface area contributed by atoms with Crippen LogP contribution >= 0.6 is 11.3 Å². The van der Waals surface area contributed by atoms with E-state index in [1.165, 1.54) is 11.3 Å². The maximum absolute atomic E-state index is 12.2. The molecule has 0 radical (unpaired) electrons. The van der Waals surface area contributed by atoms with E-state index in [4.69, 9.17) is 15.2 Å². The number of allylic oxidation sites excluding steroid dienone is 2. The van der Waals surface area contributed by atoms with Gasteiger partial charge in [-0.25, -0.2) is 4.79 Å². The van der Waals surface area contributed by atoms with E-state index in [1.54, 1.807) is 13.8 Å². The van der Waals surface area contributed by atoms with Crippen LogP contribution in [-0.2, 0) is 14.3 Å². The maximum atomic E-state index is 12.2. The lowest BCUT2D eigenvalue weighted by Crippen LogP contribution is -2.25. The fourth-order valence-corrected chi connectivity index (χ4v) is 2.94. The second-order valence-electron chi connectivity index (χ2n) is 4.13. The molecule has 1 aliphatic rings. The van der Waals surface area contributed by atoms with Gasteiger partial charge in [0.25, 0.3) is 0 Å². The van der Waals surface area contributed by atoms with Crippen molar-refractivity contribution in [1.82, 2.24) is 0 Å². The number of nitrogens with two attached hydrogens (primary N) is 1. The standard InChI is InChI=1S/C14H14N2O3S/c1-3-18-14(17)11-8(2)19-13(16)9(7-15)12(11)10-5-4-6-20-10/h4-6,12H,3,16H2,1-2H3/t12-/m1/s1. The smallest absolute Gasteiger partial charge is 0.338 e. The van der Waals surface area contributed by atoms with Crippen LogP contribution in [-0.4, -0.2) is 12.6 Å². The molecule has 1 aliphatic heterocycles. The molecule has 0 aromatic carbocycles. The highest BCUT2D eigenvalue weighted by atomic mass is 32.1. The average molecular weight is 290 g/mol. The molecular weight excluding hydrogens is 276 g/mol. The van der Waals surface area contributed by atoms with Crippen molar-refractivity contribution in [3.05, 3.63) is 45.2 Å². The lowest BCUT2D eigenvalue weighted by molar-refractivity contribution is -0.139. The van der Waals surface area contributed by atoms with Crippen molar-refractivity contribution in [2.45, 2.75) is 19.8 Å². The van der Waals surface area contributed by atoms with Crippen molar-refractivity contribution >= 4 is 17.3 Å². The Labute approximate surface area is 120 Å². The quantitative estimate of drug-likeness (QED) is 0.864. The van der Waals surface area contributed by atoms with Crippen LogP contribution in [0.5, 0.6) is 0 Å². The molecule has 104 valence electrons. The van der Waals surface area contributed by atoms with E-state index < -0.39 is 11.9 Å². The number of ether oxygens (including phenoxy) is 2. The van der Waals surface area contributed by atoms with Crippen molar-refractivity contribution < 1.29 is 14.3 Å². The Morgan fingerprint density at radius 1 is 1.65 bits per heavy atom. The van der Waals surface area contributed by atoms with E-state index >= 15 is 0 Å². The highest BCUT2D eigenvalue weighted by Crippen LogP contribution is 2.41. The molecule has 2 N–H and O–H groups in total. The Balaban J connectivity index is 2.55. The molecule has 1 atom stereocenters.